The smallest absolute Gasteiger partial charge is 0.497 e. The van der Waals surface area contributed by atoms with E-state index in [1.54, 1.807) is 13.3 Å². The molecule has 6 heteroatoms. The Morgan fingerprint density at radius 1 is 1.15 bits per heavy atom. The van der Waals surface area contributed by atoms with E-state index in [2.05, 4.69) is 10.2 Å². The van der Waals surface area contributed by atoms with Gasteiger partial charge in [-0.1, -0.05) is 0 Å². The first-order chi connectivity index (χ1) is 9.34. The molecule has 0 amide bonds. The van der Waals surface area contributed by atoms with Gasteiger partial charge in [-0.15, -0.1) is 0 Å². The lowest BCUT2D eigenvalue weighted by molar-refractivity contribution is 0.00578. The van der Waals surface area contributed by atoms with E-state index in [9.17, 15) is 0 Å². The van der Waals surface area contributed by atoms with E-state index >= 15 is 0 Å². The van der Waals surface area contributed by atoms with Crippen molar-refractivity contribution in [2.45, 2.75) is 38.9 Å². The number of H-pyrrole nitrogens is 1. The third kappa shape index (κ3) is 1.91. The zero-order chi connectivity index (χ0) is 14.5. The van der Waals surface area contributed by atoms with Gasteiger partial charge in [-0.05, 0) is 39.8 Å². The second-order valence-corrected chi connectivity index (χ2v) is 6.14. The predicted molar refractivity (Wildman–Crippen MR) is 78.4 cm³/mol. The van der Waals surface area contributed by atoms with Crippen LogP contribution in [0.2, 0.25) is 0 Å². The summed E-state index contributed by atoms with van der Waals surface area (Å²) >= 11 is 0. The molecule has 1 aromatic heterocycles. The van der Waals surface area contributed by atoms with Crippen LogP contribution in [0.25, 0.3) is 10.9 Å². The molecule has 1 saturated heterocycles. The molecule has 0 atom stereocenters. The van der Waals surface area contributed by atoms with Gasteiger partial charge in [0.25, 0.3) is 0 Å². The van der Waals surface area contributed by atoms with E-state index < -0.39 is 7.12 Å². The average molecular weight is 274 g/mol. The molecule has 0 spiro atoms. The summed E-state index contributed by atoms with van der Waals surface area (Å²) in [7, 11) is 1.22. The predicted octanol–water partition coefficient (Wildman–Crippen LogP) is 1.87. The molecule has 3 rings (SSSR count). The monoisotopic (exact) mass is 274 g/mol. The lowest BCUT2D eigenvalue weighted by Gasteiger charge is -2.32. The van der Waals surface area contributed by atoms with Gasteiger partial charge in [0.05, 0.1) is 30.0 Å². The fourth-order valence-corrected chi connectivity index (χ4v) is 2.33. The number of ether oxygens (including phenoxy) is 1. The minimum Gasteiger partial charge on any atom is -0.497 e. The standard InChI is InChI=1S/C14H19BN2O3/c1-13(2)14(3,4)20-15(19-13)11-7-10(18-5)6-9-8-16-17-12(9)11/h6-8H,1-5H3,(H,16,17). The Morgan fingerprint density at radius 2 is 1.80 bits per heavy atom. The van der Waals surface area contributed by atoms with Gasteiger partial charge in [-0.2, -0.15) is 5.10 Å². The first-order valence-corrected chi connectivity index (χ1v) is 6.71. The van der Waals surface area contributed by atoms with Crippen molar-refractivity contribution in [3.05, 3.63) is 18.3 Å². The molecule has 0 unspecified atom stereocenters. The van der Waals surface area contributed by atoms with Gasteiger partial charge in [0.1, 0.15) is 5.75 Å². The number of methoxy groups -OCH3 is 1. The van der Waals surface area contributed by atoms with Crippen LogP contribution in [0.15, 0.2) is 18.3 Å². The molecule has 0 aliphatic carbocycles. The minimum atomic E-state index is -0.432. The van der Waals surface area contributed by atoms with Crippen molar-refractivity contribution in [3.8, 4) is 5.75 Å². The van der Waals surface area contributed by atoms with Crippen molar-refractivity contribution in [1.29, 1.82) is 0 Å². The summed E-state index contributed by atoms with van der Waals surface area (Å²) in [4.78, 5) is 0. The number of fused-ring (bicyclic) bond motifs is 1. The molecule has 2 aromatic rings. The fourth-order valence-electron chi connectivity index (χ4n) is 2.33. The zero-order valence-electron chi connectivity index (χ0n) is 12.5. The molecule has 1 aromatic carbocycles. The fraction of sp³-hybridized carbons (Fsp3) is 0.500. The maximum Gasteiger partial charge on any atom is 0.497 e. The summed E-state index contributed by atoms with van der Waals surface area (Å²) in [6.07, 6.45) is 1.77. The molecule has 0 radical (unpaired) electrons. The number of hydrogen-bond donors (Lipinski definition) is 1. The molecule has 5 nitrogen and oxygen atoms in total. The highest BCUT2D eigenvalue weighted by Crippen LogP contribution is 2.37. The van der Waals surface area contributed by atoms with Gasteiger partial charge in [-0.3, -0.25) is 5.10 Å². The molecule has 1 N–H and O–H groups in total. The first-order valence-electron chi connectivity index (χ1n) is 6.71. The largest absolute Gasteiger partial charge is 0.497 e. The Labute approximate surface area is 118 Å². The van der Waals surface area contributed by atoms with E-state index in [4.69, 9.17) is 14.0 Å². The van der Waals surface area contributed by atoms with Crippen molar-refractivity contribution < 1.29 is 14.0 Å². The Bertz CT molecular complexity index is 635. The van der Waals surface area contributed by atoms with Crippen molar-refractivity contribution >= 4 is 23.5 Å². The summed E-state index contributed by atoms with van der Waals surface area (Å²) in [6, 6.07) is 3.87. The third-order valence-electron chi connectivity index (χ3n) is 4.30. The quantitative estimate of drug-likeness (QED) is 0.849. The Balaban J connectivity index is 2.09. The van der Waals surface area contributed by atoms with Crippen LogP contribution >= 0.6 is 0 Å². The molecule has 1 fully saturated rings. The number of aromatic amines is 1. The lowest BCUT2D eigenvalue weighted by atomic mass is 9.77. The van der Waals surface area contributed by atoms with Gasteiger partial charge >= 0.3 is 7.12 Å². The van der Waals surface area contributed by atoms with Crippen LogP contribution in [0.1, 0.15) is 27.7 Å². The van der Waals surface area contributed by atoms with E-state index in [1.807, 2.05) is 39.8 Å². The molecule has 0 saturated carbocycles. The van der Waals surface area contributed by atoms with Crippen molar-refractivity contribution in [1.82, 2.24) is 10.2 Å². The molecule has 1 aliphatic heterocycles. The van der Waals surface area contributed by atoms with Crippen LogP contribution in [0.4, 0.5) is 0 Å². The average Bonchev–Trinajstić information content (AvgIpc) is 2.90. The van der Waals surface area contributed by atoms with E-state index in [0.717, 1.165) is 22.1 Å². The molecule has 0 bridgehead atoms. The van der Waals surface area contributed by atoms with E-state index in [1.165, 1.54) is 0 Å². The van der Waals surface area contributed by atoms with Crippen LogP contribution in [0.5, 0.6) is 5.75 Å². The van der Waals surface area contributed by atoms with Crippen molar-refractivity contribution in [3.63, 3.8) is 0 Å². The number of hydrogen-bond acceptors (Lipinski definition) is 4. The summed E-state index contributed by atoms with van der Waals surface area (Å²) in [5.74, 6) is 0.767. The number of nitrogens with zero attached hydrogens (tertiary/aromatic N) is 1. The van der Waals surface area contributed by atoms with Crippen LogP contribution in [-0.4, -0.2) is 35.6 Å². The number of nitrogens with one attached hydrogen (secondary N) is 1. The van der Waals surface area contributed by atoms with Crippen molar-refractivity contribution in [2.24, 2.45) is 0 Å². The number of aromatic nitrogens is 2. The molecule has 106 valence electrons. The van der Waals surface area contributed by atoms with Crippen molar-refractivity contribution in [2.75, 3.05) is 7.11 Å². The summed E-state index contributed by atoms with van der Waals surface area (Å²) in [6.45, 7) is 8.16. The zero-order valence-corrected chi connectivity index (χ0v) is 12.5. The van der Waals surface area contributed by atoms with Gasteiger partial charge in [-0.25, -0.2) is 0 Å². The Morgan fingerprint density at radius 3 is 2.40 bits per heavy atom. The summed E-state index contributed by atoms with van der Waals surface area (Å²) < 4.78 is 17.5. The normalized spacial score (nSPS) is 20.6. The molecule has 2 heterocycles. The lowest BCUT2D eigenvalue weighted by Crippen LogP contribution is -2.41. The van der Waals surface area contributed by atoms with Crippen LogP contribution in [0.3, 0.4) is 0 Å². The van der Waals surface area contributed by atoms with Crippen LogP contribution < -0.4 is 10.2 Å². The highest BCUT2D eigenvalue weighted by atomic mass is 16.7. The van der Waals surface area contributed by atoms with E-state index in [-0.39, 0.29) is 11.2 Å². The topological polar surface area (TPSA) is 56.4 Å². The summed E-state index contributed by atoms with van der Waals surface area (Å²) in [5.41, 5.74) is 1.10. The molecular weight excluding hydrogens is 255 g/mol. The summed E-state index contributed by atoms with van der Waals surface area (Å²) in [5, 5.41) is 8.08. The highest BCUT2D eigenvalue weighted by molar-refractivity contribution is 6.65. The second-order valence-electron chi connectivity index (χ2n) is 6.14. The van der Waals surface area contributed by atoms with Crippen LogP contribution in [0, 0.1) is 0 Å². The Kier molecular flexibility index (Phi) is 2.85. The number of rotatable bonds is 2. The molecule has 20 heavy (non-hydrogen) atoms. The maximum absolute atomic E-state index is 6.10. The first kappa shape index (κ1) is 13.5. The molecule has 1 aliphatic rings. The van der Waals surface area contributed by atoms with Gasteiger partial charge in [0, 0.05) is 10.8 Å². The third-order valence-corrected chi connectivity index (χ3v) is 4.30. The van der Waals surface area contributed by atoms with Gasteiger partial charge in [0.2, 0.25) is 0 Å². The van der Waals surface area contributed by atoms with Crippen LogP contribution in [-0.2, 0) is 9.31 Å². The Hall–Kier alpha value is -1.53. The second kappa shape index (κ2) is 4.23. The van der Waals surface area contributed by atoms with Gasteiger partial charge < -0.3 is 14.0 Å². The van der Waals surface area contributed by atoms with Gasteiger partial charge in [0.15, 0.2) is 0 Å². The SMILES string of the molecule is COc1cc(B2OC(C)(C)C(C)(C)O2)c2[nH]ncc2c1. The molecular formula is C14H19BN2O3. The maximum atomic E-state index is 6.10. The van der Waals surface area contributed by atoms with E-state index in [0.29, 0.717) is 0 Å². The minimum absolute atomic E-state index is 0.368. The number of benzene rings is 1. The highest BCUT2D eigenvalue weighted by Gasteiger charge is 2.52.